The van der Waals surface area contributed by atoms with Gasteiger partial charge < -0.3 is 10.6 Å². The first-order valence-electron chi connectivity index (χ1n) is 13.6. The Balaban J connectivity index is 1.52. The van der Waals surface area contributed by atoms with Crippen LogP contribution in [0.1, 0.15) is 49.4 Å². The van der Waals surface area contributed by atoms with Gasteiger partial charge in [0.05, 0.1) is 23.1 Å². The third kappa shape index (κ3) is 7.10. The number of rotatable bonds is 12. The average molecular weight is 565 g/mol. The van der Waals surface area contributed by atoms with Crippen LogP contribution in [0.5, 0.6) is 0 Å². The lowest BCUT2D eigenvalue weighted by atomic mass is 9.79. The molecule has 2 aliphatic rings. The van der Waals surface area contributed by atoms with Crippen LogP contribution in [-0.2, 0) is 19.5 Å². The second-order valence-electron chi connectivity index (χ2n) is 10.7. The summed E-state index contributed by atoms with van der Waals surface area (Å²) in [6.45, 7) is 10.3. The molecule has 2 atom stereocenters. The molecule has 1 saturated carbocycles. The summed E-state index contributed by atoms with van der Waals surface area (Å²) in [5.74, 6) is -2.68. The zero-order valence-electron chi connectivity index (χ0n) is 22.9. The number of halogens is 5. The van der Waals surface area contributed by atoms with E-state index in [2.05, 4.69) is 28.9 Å². The van der Waals surface area contributed by atoms with Gasteiger partial charge in [-0.15, -0.1) is 0 Å². The fourth-order valence-electron chi connectivity index (χ4n) is 5.58. The molecular formula is C29H37F5N6. The van der Waals surface area contributed by atoms with E-state index in [1.807, 2.05) is 35.9 Å². The molecule has 2 heterocycles. The van der Waals surface area contributed by atoms with Gasteiger partial charge >= 0.3 is 6.18 Å². The van der Waals surface area contributed by atoms with Gasteiger partial charge in [0.25, 0.3) is 0 Å². The summed E-state index contributed by atoms with van der Waals surface area (Å²) < 4.78 is 69.8. The van der Waals surface area contributed by atoms with E-state index in [1.165, 1.54) is 0 Å². The minimum absolute atomic E-state index is 0.0373. The maximum absolute atomic E-state index is 14.0. The Kier molecular flexibility index (Phi) is 9.02. The second kappa shape index (κ2) is 12.1. The molecule has 40 heavy (non-hydrogen) atoms. The monoisotopic (exact) mass is 564 g/mol. The Hall–Kier alpha value is -3.21. The molecule has 1 aromatic carbocycles. The maximum Gasteiger partial charge on any atom is 0.409 e. The summed E-state index contributed by atoms with van der Waals surface area (Å²) in [5, 5.41) is 10.1. The van der Waals surface area contributed by atoms with E-state index >= 15 is 0 Å². The fraction of sp³-hybridized carbons (Fsp3) is 0.517. The number of alkyl halides is 5. The highest BCUT2D eigenvalue weighted by Gasteiger charge is 2.41. The standard InChI is InChI=1S/C29H37F5N6/c1-5-35-26(29(32,33)34)18-39(4)17-20-7-8-22-16-24(38-23(22)15-20)27(21-9-12-28(30,31)13-10-21)37-19(3)25-11-14-36-40(25)6-2/h5,7-8,11,14-15,21,26-27,35,37H,1,3,6,9-10,12-13,16-18H2,2,4H3/t26?,27-/m0/s1. The first-order chi connectivity index (χ1) is 18.9. The van der Waals surface area contributed by atoms with E-state index in [-0.39, 0.29) is 31.3 Å². The van der Waals surface area contributed by atoms with Crippen LogP contribution in [0.4, 0.5) is 27.6 Å². The van der Waals surface area contributed by atoms with Crippen LogP contribution >= 0.6 is 0 Å². The molecule has 1 fully saturated rings. The molecule has 0 bridgehead atoms. The summed E-state index contributed by atoms with van der Waals surface area (Å²) in [5.41, 5.74) is 4.94. The summed E-state index contributed by atoms with van der Waals surface area (Å²) in [6, 6.07) is 5.62. The van der Waals surface area contributed by atoms with Gasteiger partial charge in [0, 0.05) is 50.8 Å². The number of hydrogen-bond acceptors (Lipinski definition) is 5. The molecule has 11 heteroatoms. The van der Waals surface area contributed by atoms with Crippen molar-refractivity contribution in [1.82, 2.24) is 25.3 Å². The van der Waals surface area contributed by atoms with Gasteiger partial charge in [0.1, 0.15) is 6.04 Å². The van der Waals surface area contributed by atoms with Gasteiger partial charge in [0.15, 0.2) is 0 Å². The van der Waals surface area contributed by atoms with Crippen molar-refractivity contribution in [2.45, 2.75) is 76.3 Å². The third-order valence-electron chi connectivity index (χ3n) is 7.69. The molecule has 1 aliphatic heterocycles. The highest BCUT2D eigenvalue weighted by atomic mass is 19.4. The van der Waals surface area contributed by atoms with Crippen molar-refractivity contribution < 1.29 is 22.0 Å². The van der Waals surface area contributed by atoms with Gasteiger partial charge in [0.2, 0.25) is 5.92 Å². The fourth-order valence-corrected chi connectivity index (χ4v) is 5.58. The third-order valence-corrected chi connectivity index (χ3v) is 7.69. The van der Waals surface area contributed by atoms with Gasteiger partial charge in [-0.05, 0) is 62.2 Å². The number of hydrogen-bond donors (Lipinski definition) is 2. The molecule has 2 aromatic rings. The Morgan fingerprint density at radius 2 is 1.98 bits per heavy atom. The molecule has 1 aliphatic carbocycles. The number of likely N-dealkylation sites (N-methyl/N-ethyl adjacent to an activating group) is 1. The molecule has 1 unspecified atom stereocenters. The molecule has 218 valence electrons. The van der Waals surface area contributed by atoms with Gasteiger partial charge in [-0.25, -0.2) is 8.78 Å². The van der Waals surface area contributed by atoms with E-state index in [9.17, 15) is 22.0 Å². The van der Waals surface area contributed by atoms with Crippen molar-refractivity contribution in [1.29, 1.82) is 0 Å². The van der Waals surface area contributed by atoms with Crippen LogP contribution in [0.25, 0.3) is 5.70 Å². The van der Waals surface area contributed by atoms with Crippen molar-refractivity contribution in [2.75, 3.05) is 13.6 Å². The van der Waals surface area contributed by atoms with Crippen LogP contribution in [0, 0.1) is 5.92 Å². The number of aliphatic imine (C=N–C) groups is 1. The van der Waals surface area contributed by atoms with Crippen LogP contribution < -0.4 is 10.6 Å². The first-order valence-corrected chi connectivity index (χ1v) is 13.6. The average Bonchev–Trinajstić information content (AvgIpc) is 3.53. The minimum atomic E-state index is -4.40. The zero-order chi connectivity index (χ0) is 29.1. The number of nitrogens with zero attached hydrogens (tertiary/aromatic N) is 4. The van der Waals surface area contributed by atoms with E-state index in [0.717, 1.165) is 34.4 Å². The molecule has 0 radical (unpaired) electrons. The predicted molar refractivity (Wildman–Crippen MR) is 148 cm³/mol. The smallest absolute Gasteiger partial charge is 0.379 e. The number of nitrogens with one attached hydrogen (secondary N) is 2. The van der Waals surface area contributed by atoms with Crippen molar-refractivity contribution in [3.8, 4) is 0 Å². The van der Waals surface area contributed by atoms with E-state index in [4.69, 9.17) is 4.99 Å². The summed E-state index contributed by atoms with van der Waals surface area (Å²) >= 11 is 0. The Morgan fingerprint density at radius 1 is 1.25 bits per heavy atom. The molecule has 6 nitrogen and oxygen atoms in total. The minimum Gasteiger partial charge on any atom is -0.379 e. The maximum atomic E-state index is 14.0. The summed E-state index contributed by atoms with van der Waals surface area (Å²) in [7, 11) is 1.64. The second-order valence-corrected chi connectivity index (χ2v) is 10.7. The largest absolute Gasteiger partial charge is 0.409 e. The lowest BCUT2D eigenvalue weighted by Gasteiger charge is -2.35. The summed E-state index contributed by atoms with van der Waals surface area (Å²) in [4.78, 5) is 6.52. The highest BCUT2D eigenvalue weighted by molar-refractivity contribution is 5.98. The van der Waals surface area contributed by atoms with E-state index in [1.54, 1.807) is 18.1 Å². The number of aromatic nitrogens is 2. The molecule has 4 rings (SSSR count). The number of aryl methyl sites for hydroxylation is 1. The molecule has 2 N–H and O–H groups in total. The predicted octanol–water partition coefficient (Wildman–Crippen LogP) is 6.08. The molecule has 1 aromatic heterocycles. The van der Waals surface area contributed by atoms with E-state index in [0.29, 0.717) is 38.0 Å². The SMILES string of the molecule is C=CNC(CN(C)Cc1ccc2c(c1)N=C([C@@H](NC(=C)c1ccnn1CC)C1CCC(F)(F)CC1)C2)C(F)(F)F. The topological polar surface area (TPSA) is 57.5 Å². The molecule has 0 spiro atoms. The van der Waals surface area contributed by atoms with Crippen molar-refractivity contribution >= 4 is 17.1 Å². The van der Waals surface area contributed by atoms with E-state index < -0.39 is 18.1 Å². The van der Waals surface area contributed by atoms with Crippen LogP contribution in [0.3, 0.4) is 0 Å². The summed E-state index contributed by atoms with van der Waals surface area (Å²) in [6.07, 6.45) is -0.657. The number of fused-ring (bicyclic) bond motifs is 1. The van der Waals surface area contributed by atoms with Gasteiger partial charge in [-0.3, -0.25) is 14.6 Å². The Bertz CT molecular complexity index is 1220. The lowest BCUT2D eigenvalue weighted by Crippen LogP contribution is -2.47. The normalized spacial score (nSPS) is 18.6. The van der Waals surface area contributed by atoms with Crippen molar-refractivity contribution in [3.63, 3.8) is 0 Å². The lowest BCUT2D eigenvalue weighted by molar-refractivity contribution is -0.157. The first kappa shape index (κ1) is 29.8. The van der Waals surface area contributed by atoms with Crippen LogP contribution in [-0.4, -0.2) is 58.2 Å². The Morgan fingerprint density at radius 3 is 2.62 bits per heavy atom. The Labute approximate surface area is 232 Å². The van der Waals surface area contributed by atoms with Crippen LogP contribution in [0.2, 0.25) is 0 Å². The molecular weight excluding hydrogens is 527 g/mol. The highest BCUT2D eigenvalue weighted by Crippen LogP contribution is 2.40. The van der Waals surface area contributed by atoms with Crippen LogP contribution in [0.15, 0.2) is 54.8 Å². The molecule has 0 amide bonds. The van der Waals surface area contributed by atoms with Crippen molar-refractivity contribution in [2.24, 2.45) is 10.9 Å². The number of benzene rings is 1. The van der Waals surface area contributed by atoms with Gasteiger partial charge in [-0.1, -0.05) is 25.3 Å². The molecule has 0 saturated heterocycles. The van der Waals surface area contributed by atoms with Crippen molar-refractivity contribution in [3.05, 3.63) is 66.6 Å². The van der Waals surface area contributed by atoms with Gasteiger partial charge in [-0.2, -0.15) is 18.3 Å². The zero-order valence-corrected chi connectivity index (χ0v) is 22.9. The quantitative estimate of drug-likeness (QED) is 0.307.